The zero-order valence-corrected chi connectivity index (χ0v) is 14.2. The highest BCUT2D eigenvalue weighted by molar-refractivity contribution is 7.13. The Hall–Kier alpha value is -1.73. The summed E-state index contributed by atoms with van der Waals surface area (Å²) in [4.78, 5) is 22.3. The number of hydrogen-bond donors (Lipinski definition) is 3. The number of primary amides is 1. The lowest BCUT2D eigenvalue weighted by Crippen LogP contribution is -2.38. The van der Waals surface area contributed by atoms with Gasteiger partial charge in [0.05, 0.1) is 16.6 Å². The van der Waals surface area contributed by atoms with Crippen LogP contribution in [-0.2, 0) is 11.2 Å². The fraction of sp³-hybridized carbons (Fsp3) is 0.562. The number of carbonyl (C=O) groups excluding carboxylic acids is 1. The molecule has 0 aromatic carbocycles. The van der Waals surface area contributed by atoms with E-state index in [0.717, 1.165) is 49.3 Å². The standard InChI is InChI=1S/C16H23N5OS/c1-9-4-2-6-11-13(9)23-16(21-11)12(15(18)22)14(17)20-10-5-3-7-19-8-10/h4,10,12,19H,2-3,5-8H2,1H3,(H2,17,20)(H2,18,22). The molecule has 0 radical (unpaired) electrons. The van der Waals surface area contributed by atoms with Crippen LogP contribution in [0.3, 0.4) is 0 Å². The number of nitrogens with zero attached hydrogens (tertiary/aromatic N) is 2. The van der Waals surface area contributed by atoms with Gasteiger partial charge >= 0.3 is 0 Å². The molecule has 1 amide bonds. The van der Waals surface area contributed by atoms with Crippen molar-refractivity contribution in [2.24, 2.45) is 16.5 Å². The maximum atomic E-state index is 12.0. The normalized spacial score (nSPS) is 23.1. The largest absolute Gasteiger partial charge is 0.386 e. The maximum absolute atomic E-state index is 12.0. The van der Waals surface area contributed by atoms with Crippen molar-refractivity contribution in [2.45, 2.75) is 44.6 Å². The summed E-state index contributed by atoms with van der Waals surface area (Å²) in [6.07, 6.45) is 6.14. The summed E-state index contributed by atoms with van der Waals surface area (Å²) < 4.78 is 0. The van der Waals surface area contributed by atoms with E-state index in [-0.39, 0.29) is 6.04 Å². The van der Waals surface area contributed by atoms with Crippen molar-refractivity contribution in [3.8, 4) is 0 Å². The smallest absolute Gasteiger partial charge is 0.235 e. The molecule has 2 aliphatic rings. The fourth-order valence-electron chi connectivity index (χ4n) is 3.11. The van der Waals surface area contributed by atoms with Crippen LogP contribution in [0.2, 0.25) is 0 Å². The van der Waals surface area contributed by atoms with Crippen LogP contribution < -0.4 is 16.8 Å². The number of thiazole rings is 1. The summed E-state index contributed by atoms with van der Waals surface area (Å²) in [5.41, 5.74) is 14.0. The minimum absolute atomic E-state index is 0.113. The highest BCUT2D eigenvalue weighted by atomic mass is 32.1. The van der Waals surface area contributed by atoms with Gasteiger partial charge in [-0.15, -0.1) is 11.3 Å². The van der Waals surface area contributed by atoms with Gasteiger partial charge in [0.1, 0.15) is 16.8 Å². The second-order valence-electron chi connectivity index (χ2n) is 6.14. The van der Waals surface area contributed by atoms with Crippen molar-refractivity contribution in [2.75, 3.05) is 13.1 Å². The molecule has 2 atom stereocenters. The molecule has 0 bridgehead atoms. The molecule has 0 spiro atoms. The Morgan fingerprint density at radius 1 is 1.52 bits per heavy atom. The highest BCUT2D eigenvalue weighted by Crippen LogP contribution is 2.34. The average Bonchev–Trinajstić information content (AvgIpc) is 2.93. The number of nitrogens with two attached hydrogens (primary N) is 2. The number of amidine groups is 1. The van der Waals surface area contributed by atoms with Crippen molar-refractivity contribution in [1.82, 2.24) is 10.3 Å². The minimum atomic E-state index is -0.722. The Kier molecular flexibility index (Phi) is 4.77. The molecule has 1 aromatic rings. The maximum Gasteiger partial charge on any atom is 0.235 e. The van der Waals surface area contributed by atoms with E-state index in [2.05, 4.69) is 28.3 Å². The number of carbonyl (C=O) groups is 1. The summed E-state index contributed by atoms with van der Waals surface area (Å²) in [6.45, 7) is 3.88. The van der Waals surface area contributed by atoms with Crippen molar-refractivity contribution in [3.63, 3.8) is 0 Å². The monoisotopic (exact) mass is 333 g/mol. The molecule has 3 rings (SSSR count). The van der Waals surface area contributed by atoms with Crippen LogP contribution in [0.4, 0.5) is 0 Å². The molecule has 23 heavy (non-hydrogen) atoms. The molecule has 2 heterocycles. The SMILES string of the molecule is CC1=CCCc2nc(C(C(N)=O)C(N)=NC3CCCNC3)sc21. The Morgan fingerprint density at radius 3 is 3.00 bits per heavy atom. The zero-order chi connectivity index (χ0) is 16.4. The predicted octanol–water partition coefficient (Wildman–Crippen LogP) is 1.17. The quantitative estimate of drug-likeness (QED) is 0.568. The summed E-state index contributed by atoms with van der Waals surface area (Å²) in [5.74, 6) is -0.915. The summed E-state index contributed by atoms with van der Waals surface area (Å²) >= 11 is 1.51. The van der Waals surface area contributed by atoms with Crippen molar-refractivity contribution in [1.29, 1.82) is 0 Å². The van der Waals surface area contributed by atoms with E-state index in [9.17, 15) is 4.79 Å². The Bertz CT molecular complexity index is 657. The molecule has 6 nitrogen and oxygen atoms in total. The third-order valence-corrected chi connectivity index (χ3v) is 5.63. The van der Waals surface area contributed by atoms with Crippen molar-refractivity contribution < 1.29 is 4.79 Å². The van der Waals surface area contributed by atoms with E-state index < -0.39 is 11.8 Å². The summed E-state index contributed by atoms with van der Waals surface area (Å²) in [5, 5.41) is 3.96. The van der Waals surface area contributed by atoms with Crippen LogP contribution in [0, 0.1) is 0 Å². The van der Waals surface area contributed by atoms with Crippen LogP contribution in [0.1, 0.15) is 47.7 Å². The number of rotatable bonds is 4. The average molecular weight is 333 g/mol. The number of fused-ring (bicyclic) bond motifs is 1. The first-order chi connectivity index (χ1) is 11.1. The third-order valence-electron chi connectivity index (χ3n) is 4.33. The van der Waals surface area contributed by atoms with Gasteiger partial charge in [0.2, 0.25) is 5.91 Å². The second-order valence-corrected chi connectivity index (χ2v) is 7.17. The molecule has 2 unspecified atom stereocenters. The van der Waals surface area contributed by atoms with E-state index in [1.54, 1.807) is 0 Å². The highest BCUT2D eigenvalue weighted by Gasteiger charge is 2.29. The molecule has 5 N–H and O–H groups in total. The van der Waals surface area contributed by atoms with Gasteiger partial charge in [-0.25, -0.2) is 4.98 Å². The lowest BCUT2D eigenvalue weighted by Gasteiger charge is -2.21. The van der Waals surface area contributed by atoms with Gasteiger partial charge in [0.25, 0.3) is 0 Å². The van der Waals surface area contributed by atoms with E-state index in [1.807, 2.05) is 0 Å². The van der Waals surface area contributed by atoms with Crippen LogP contribution in [0.5, 0.6) is 0 Å². The van der Waals surface area contributed by atoms with Gasteiger partial charge in [0.15, 0.2) is 0 Å². The van der Waals surface area contributed by atoms with Crippen LogP contribution in [0.25, 0.3) is 5.57 Å². The molecule has 7 heteroatoms. The number of amides is 1. The van der Waals surface area contributed by atoms with E-state index >= 15 is 0 Å². The predicted molar refractivity (Wildman–Crippen MR) is 93.5 cm³/mol. The number of aryl methyl sites for hydroxylation is 1. The van der Waals surface area contributed by atoms with Gasteiger partial charge in [-0.1, -0.05) is 6.08 Å². The topological polar surface area (TPSA) is 106 Å². The first kappa shape index (κ1) is 16.1. The Balaban J connectivity index is 1.88. The number of nitrogens with one attached hydrogen (secondary N) is 1. The molecule has 1 saturated heterocycles. The van der Waals surface area contributed by atoms with E-state index in [1.165, 1.54) is 16.9 Å². The first-order valence-corrected chi connectivity index (χ1v) is 8.88. The van der Waals surface area contributed by atoms with Crippen LogP contribution in [0.15, 0.2) is 11.1 Å². The molecule has 1 aliphatic heterocycles. The first-order valence-electron chi connectivity index (χ1n) is 8.06. The van der Waals surface area contributed by atoms with Crippen LogP contribution >= 0.6 is 11.3 Å². The molecular weight excluding hydrogens is 310 g/mol. The van der Waals surface area contributed by atoms with Crippen molar-refractivity contribution >= 4 is 28.7 Å². The third kappa shape index (κ3) is 3.45. The molecule has 0 saturated carbocycles. The summed E-state index contributed by atoms with van der Waals surface area (Å²) in [6, 6.07) is 0.113. The summed E-state index contributed by atoms with van der Waals surface area (Å²) in [7, 11) is 0. The van der Waals surface area contributed by atoms with Gasteiger partial charge in [-0.05, 0) is 44.7 Å². The molecule has 1 aliphatic carbocycles. The van der Waals surface area contributed by atoms with E-state index in [0.29, 0.717) is 10.8 Å². The lowest BCUT2D eigenvalue weighted by atomic mass is 10.0. The zero-order valence-electron chi connectivity index (χ0n) is 13.3. The number of aliphatic imine (C=N–C) groups is 1. The number of piperidine rings is 1. The Labute approximate surface area is 140 Å². The minimum Gasteiger partial charge on any atom is -0.386 e. The van der Waals surface area contributed by atoms with Gasteiger partial charge in [0, 0.05) is 6.54 Å². The van der Waals surface area contributed by atoms with Gasteiger partial charge in [-0.3, -0.25) is 9.79 Å². The fourth-order valence-corrected chi connectivity index (χ4v) is 4.34. The molecule has 124 valence electrons. The number of allylic oxidation sites excluding steroid dienone is 2. The Morgan fingerprint density at radius 2 is 2.35 bits per heavy atom. The number of hydrogen-bond acceptors (Lipinski definition) is 5. The second kappa shape index (κ2) is 6.80. The van der Waals surface area contributed by atoms with Gasteiger partial charge in [-0.2, -0.15) is 0 Å². The molecule has 1 fully saturated rings. The molecule has 1 aromatic heterocycles. The van der Waals surface area contributed by atoms with Crippen molar-refractivity contribution in [3.05, 3.63) is 21.7 Å². The number of aromatic nitrogens is 1. The molecular formula is C16H23N5OS. The van der Waals surface area contributed by atoms with Gasteiger partial charge < -0.3 is 16.8 Å². The lowest BCUT2D eigenvalue weighted by molar-refractivity contribution is -0.118. The van der Waals surface area contributed by atoms with E-state index in [4.69, 9.17) is 11.5 Å². The van der Waals surface area contributed by atoms with Crippen LogP contribution in [-0.4, -0.2) is 35.9 Å².